The van der Waals surface area contributed by atoms with E-state index in [4.69, 9.17) is 12.2 Å². The van der Waals surface area contributed by atoms with Crippen molar-refractivity contribution >= 4 is 23.8 Å². The summed E-state index contributed by atoms with van der Waals surface area (Å²) in [6.45, 7) is 0. The molecule has 1 amide bonds. The number of aromatic amines is 2. The average Bonchev–Trinajstić information content (AvgIpc) is 2.74. The number of benzene rings is 1. The van der Waals surface area contributed by atoms with Gasteiger partial charge in [-0.1, -0.05) is 24.3 Å². The van der Waals surface area contributed by atoms with Gasteiger partial charge in [-0.3, -0.25) is 14.6 Å². The van der Waals surface area contributed by atoms with Crippen LogP contribution < -0.4 is 11.0 Å². The Morgan fingerprint density at radius 2 is 2.00 bits per heavy atom. The van der Waals surface area contributed by atoms with Crippen LogP contribution in [-0.4, -0.2) is 21.6 Å². The lowest BCUT2D eigenvalue weighted by atomic mass is 10.0. The van der Waals surface area contributed by atoms with Crippen molar-refractivity contribution < 1.29 is 4.79 Å². The number of H-pyrrole nitrogens is 2. The highest BCUT2D eigenvalue weighted by molar-refractivity contribution is 7.71. The summed E-state index contributed by atoms with van der Waals surface area (Å²) in [5.74, 6) is -0.291. The fourth-order valence-corrected chi connectivity index (χ4v) is 3.07. The maximum absolute atomic E-state index is 12.1. The Labute approximate surface area is 144 Å². The first-order valence-corrected chi connectivity index (χ1v) is 8.29. The van der Waals surface area contributed by atoms with Gasteiger partial charge in [0.15, 0.2) is 4.77 Å². The van der Waals surface area contributed by atoms with E-state index in [2.05, 4.69) is 26.6 Å². The molecule has 0 fully saturated rings. The number of hydrogen-bond donors (Lipinski definition) is 3. The second kappa shape index (κ2) is 7.35. The van der Waals surface area contributed by atoms with Crippen molar-refractivity contribution in [2.24, 2.45) is 5.10 Å². The van der Waals surface area contributed by atoms with Crippen molar-refractivity contribution in [2.45, 2.75) is 32.1 Å². The van der Waals surface area contributed by atoms with Gasteiger partial charge >= 0.3 is 0 Å². The Hall–Kier alpha value is -2.54. The number of amides is 1. The highest BCUT2D eigenvalue weighted by atomic mass is 32.1. The van der Waals surface area contributed by atoms with Crippen LogP contribution in [0.4, 0.5) is 0 Å². The number of nitrogens with one attached hydrogen (secondary N) is 3. The second-order valence-electron chi connectivity index (χ2n) is 5.75. The van der Waals surface area contributed by atoms with E-state index in [9.17, 15) is 9.59 Å². The summed E-state index contributed by atoms with van der Waals surface area (Å²) in [5, 5.41) is 4.32. The molecule has 24 heavy (non-hydrogen) atoms. The number of rotatable bonds is 3. The second-order valence-corrected chi connectivity index (χ2v) is 6.16. The van der Waals surface area contributed by atoms with Crippen molar-refractivity contribution in [2.75, 3.05) is 0 Å². The van der Waals surface area contributed by atoms with Gasteiger partial charge in [0.25, 0.3) is 5.56 Å². The molecule has 1 aliphatic carbocycles. The van der Waals surface area contributed by atoms with E-state index in [1.807, 2.05) is 18.2 Å². The van der Waals surface area contributed by atoms with E-state index < -0.39 is 0 Å². The molecule has 6 nitrogen and oxygen atoms in total. The van der Waals surface area contributed by atoms with Crippen LogP contribution in [0.3, 0.4) is 0 Å². The van der Waals surface area contributed by atoms with Gasteiger partial charge in [-0.15, -0.1) is 0 Å². The molecule has 3 rings (SSSR count). The predicted molar refractivity (Wildman–Crippen MR) is 94.6 cm³/mol. The summed E-state index contributed by atoms with van der Waals surface area (Å²) >= 11 is 4.90. The van der Waals surface area contributed by atoms with Gasteiger partial charge in [-0.25, -0.2) is 5.43 Å². The van der Waals surface area contributed by atoms with E-state index in [-0.39, 0.29) is 22.7 Å². The lowest BCUT2D eigenvalue weighted by Crippen LogP contribution is -2.23. The first kappa shape index (κ1) is 16.3. The maximum Gasteiger partial charge on any atom is 0.251 e. The Morgan fingerprint density at radius 1 is 1.21 bits per heavy atom. The summed E-state index contributed by atoms with van der Waals surface area (Å²) in [6.07, 6.45) is 4.06. The number of nitrogens with zero attached hydrogens (tertiary/aromatic N) is 1. The Bertz CT molecular complexity index is 869. The first-order chi connectivity index (χ1) is 11.6. The van der Waals surface area contributed by atoms with Crippen LogP contribution in [0.2, 0.25) is 0 Å². The number of hydrazone groups is 1. The van der Waals surface area contributed by atoms with Crippen LogP contribution >= 0.6 is 12.2 Å². The molecule has 2 aromatic rings. The minimum Gasteiger partial charge on any atom is -0.335 e. The molecule has 124 valence electrons. The maximum atomic E-state index is 12.1. The standard InChI is InChI=1S/C17H18N4O2S/c22-15-9-12(18-17(24)19-15)10-16(23)21-20-14-8-4-2-6-11-5-1-3-7-13(11)14/h1,3,5,7,9H,2,4,6,8,10H2,(H,21,23)(H2,18,19,22,24)/b20-14-. The van der Waals surface area contributed by atoms with Crippen molar-refractivity contribution in [3.05, 3.63) is 62.3 Å². The summed E-state index contributed by atoms with van der Waals surface area (Å²) < 4.78 is 0.203. The number of fused-ring (bicyclic) bond motifs is 1. The van der Waals surface area contributed by atoms with Gasteiger partial charge in [-0.05, 0) is 43.5 Å². The minimum absolute atomic E-state index is 0.0198. The van der Waals surface area contributed by atoms with Gasteiger partial charge in [0.1, 0.15) is 0 Å². The van der Waals surface area contributed by atoms with Crippen LogP contribution in [0.5, 0.6) is 0 Å². The SMILES string of the molecule is O=C(Cc1cc(=O)[nH]c(=S)[nH]1)N/N=C1/CCCCc2ccccc21. The van der Waals surface area contributed by atoms with Crippen LogP contribution in [0.25, 0.3) is 0 Å². The number of carbonyl (C=O) groups is 1. The topological polar surface area (TPSA) is 90.1 Å². The first-order valence-electron chi connectivity index (χ1n) is 7.88. The molecule has 0 radical (unpaired) electrons. The minimum atomic E-state index is -0.328. The molecular weight excluding hydrogens is 324 g/mol. The van der Waals surface area contributed by atoms with Crippen molar-refractivity contribution in [1.82, 2.24) is 15.4 Å². The fraction of sp³-hybridized carbons (Fsp3) is 0.294. The molecule has 1 heterocycles. The van der Waals surface area contributed by atoms with Crippen LogP contribution in [-0.2, 0) is 17.6 Å². The van der Waals surface area contributed by atoms with Crippen molar-refractivity contribution in [3.63, 3.8) is 0 Å². The zero-order valence-electron chi connectivity index (χ0n) is 13.1. The van der Waals surface area contributed by atoms with Gasteiger partial charge in [0, 0.05) is 17.3 Å². The molecule has 0 aliphatic heterocycles. The molecule has 0 saturated heterocycles. The van der Waals surface area contributed by atoms with E-state index in [0.717, 1.165) is 37.0 Å². The average molecular weight is 342 g/mol. The molecule has 1 aliphatic rings. The zero-order chi connectivity index (χ0) is 16.9. The molecule has 0 saturated carbocycles. The van der Waals surface area contributed by atoms with Crippen LogP contribution in [0, 0.1) is 4.77 Å². The van der Waals surface area contributed by atoms with Gasteiger partial charge in [0.2, 0.25) is 5.91 Å². The van der Waals surface area contributed by atoms with Crippen LogP contribution in [0.1, 0.15) is 36.1 Å². The quantitative estimate of drug-likeness (QED) is 0.454. The van der Waals surface area contributed by atoms with E-state index in [1.54, 1.807) is 0 Å². The Morgan fingerprint density at radius 3 is 2.83 bits per heavy atom. The molecule has 0 atom stereocenters. The predicted octanol–water partition coefficient (Wildman–Crippen LogP) is 2.22. The monoisotopic (exact) mass is 342 g/mol. The smallest absolute Gasteiger partial charge is 0.251 e. The molecule has 7 heteroatoms. The lowest BCUT2D eigenvalue weighted by molar-refractivity contribution is -0.120. The molecule has 1 aromatic heterocycles. The Balaban J connectivity index is 1.74. The largest absolute Gasteiger partial charge is 0.335 e. The van der Waals surface area contributed by atoms with E-state index in [1.165, 1.54) is 11.6 Å². The third kappa shape index (κ3) is 4.05. The molecule has 1 aromatic carbocycles. The van der Waals surface area contributed by atoms with Crippen molar-refractivity contribution in [3.8, 4) is 0 Å². The van der Waals surface area contributed by atoms with Crippen LogP contribution in [0.15, 0.2) is 40.2 Å². The van der Waals surface area contributed by atoms with Crippen molar-refractivity contribution in [1.29, 1.82) is 0 Å². The zero-order valence-corrected chi connectivity index (χ0v) is 13.9. The molecule has 0 unspecified atom stereocenters. The fourth-order valence-electron chi connectivity index (χ4n) is 2.84. The summed E-state index contributed by atoms with van der Waals surface area (Å²) in [7, 11) is 0. The number of aryl methyl sites for hydroxylation is 1. The molecule has 0 bridgehead atoms. The van der Waals surface area contributed by atoms with Gasteiger partial charge in [-0.2, -0.15) is 5.10 Å². The molecule has 3 N–H and O–H groups in total. The van der Waals surface area contributed by atoms with Gasteiger partial charge < -0.3 is 4.98 Å². The highest BCUT2D eigenvalue weighted by Gasteiger charge is 2.14. The number of hydrogen-bond acceptors (Lipinski definition) is 4. The number of aromatic nitrogens is 2. The summed E-state index contributed by atoms with van der Waals surface area (Å²) in [5.41, 5.74) is 5.99. The lowest BCUT2D eigenvalue weighted by Gasteiger charge is -2.08. The highest BCUT2D eigenvalue weighted by Crippen LogP contribution is 2.20. The normalized spacial score (nSPS) is 15.6. The third-order valence-electron chi connectivity index (χ3n) is 3.92. The Kier molecular flexibility index (Phi) is 5.00. The summed E-state index contributed by atoms with van der Waals surface area (Å²) in [6, 6.07) is 9.48. The van der Waals surface area contributed by atoms with Gasteiger partial charge in [0.05, 0.1) is 12.1 Å². The van der Waals surface area contributed by atoms with E-state index in [0.29, 0.717) is 5.69 Å². The van der Waals surface area contributed by atoms with E-state index >= 15 is 0 Å². The molecular formula is C17H18N4O2S. The summed E-state index contributed by atoms with van der Waals surface area (Å²) in [4.78, 5) is 28.7. The molecule has 0 spiro atoms. The third-order valence-corrected chi connectivity index (χ3v) is 4.12. The number of carbonyl (C=O) groups excluding carboxylic acids is 1.